The fraction of sp³-hybridized carbons (Fsp3) is 0.0833. The lowest BCUT2D eigenvalue weighted by atomic mass is 10.0. The van der Waals surface area contributed by atoms with Gasteiger partial charge in [0.15, 0.2) is 0 Å². The van der Waals surface area contributed by atoms with E-state index in [9.17, 15) is 0 Å². The fourth-order valence-electron chi connectivity index (χ4n) is 4.10. The molecule has 6 aromatic rings. The first-order valence-corrected chi connectivity index (χ1v) is 10.5. The third-order valence-electron chi connectivity index (χ3n) is 5.38. The minimum atomic E-state index is 1.33. The minimum Gasteiger partial charge on any atom is -0.135 e. The average Bonchev–Trinajstić information content (AvgIpc) is 3.19. The maximum absolute atomic E-state index is 2.33. The van der Waals surface area contributed by atoms with E-state index < -0.39 is 0 Å². The molecule has 0 aliphatic rings. The first-order valence-electron chi connectivity index (χ1n) is 8.86. The Balaban J connectivity index is 1.81. The molecule has 2 heteroatoms. The third kappa shape index (κ3) is 1.89. The van der Waals surface area contributed by atoms with Crippen LogP contribution in [-0.2, 0) is 0 Å². The molecule has 0 aliphatic heterocycles. The Morgan fingerprint density at radius 2 is 0.846 bits per heavy atom. The van der Waals surface area contributed by atoms with Gasteiger partial charge in [-0.05, 0) is 38.1 Å². The van der Waals surface area contributed by atoms with Crippen molar-refractivity contribution in [1.29, 1.82) is 0 Å². The lowest BCUT2D eigenvalue weighted by Gasteiger charge is -2.02. The summed E-state index contributed by atoms with van der Waals surface area (Å²) in [4.78, 5) is 0. The Labute approximate surface area is 159 Å². The van der Waals surface area contributed by atoms with Crippen LogP contribution in [-0.4, -0.2) is 0 Å². The smallest absolute Gasteiger partial charge is 0.0434 e. The molecule has 0 bridgehead atoms. The largest absolute Gasteiger partial charge is 0.135 e. The molecular weight excluding hydrogens is 352 g/mol. The van der Waals surface area contributed by atoms with Crippen molar-refractivity contribution in [1.82, 2.24) is 0 Å². The van der Waals surface area contributed by atoms with Gasteiger partial charge < -0.3 is 0 Å². The zero-order valence-corrected chi connectivity index (χ0v) is 16.2. The molecule has 0 spiro atoms. The highest BCUT2D eigenvalue weighted by atomic mass is 32.1. The van der Waals surface area contributed by atoms with Crippen molar-refractivity contribution in [3.8, 4) is 0 Å². The quantitative estimate of drug-likeness (QED) is 0.253. The van der Waals surface area contributed by atoms with Crippen LogP contribution in [0.4, 0.5) is 0 Å². The first-order chi connectivity index (χ1) is 12.7. The fourth-order valence-corrected chi connectivity index (χ4v) is 6.52. The van der Waals surface area contributed by atoms with E-state index in [1.54, 1.807) is 0 Å². The highest BCUT2D eigenvalue weighted by Gasteiger charge is 2.13. The second-order valence-corrected chi connectivity index (χ2v) is 9.29. The SMILES string of the molecule is Cc1ccc2sc3c(ccc4c3ccc3c5cc(C)ccc5sc34)c2c1. The average molecular weight is 369 g/mol. The summed E-state index contributed by atoms with van der Waals surface area (Å²) < 4.78 is 5.59. The van der Waals surface area contributed by atoms with Crippen molar-refractivity contribution in [3.05, 3.63) is 71.8 Å². The molecule has 0 fully saturated rings. The number of rotatable bonds is 0. The van der Waals surface area contributed by atoms with E-state index in [-0.39, 0.29) is 0 Å². The summed E-state index contributed by atoms with van der Waals surface area (Å²) in [5, 5.41) is 8.32. The predicted molar refractivity (Wildman–Crippen MR) is 119 cm³/mol. The molecule has 0 amide bonds. The highest BCUT2D eigenvalue weighted by molar-refractivity contribution is 7.28. The molecule has 6 rings (SSSR count). The molecule has 0 saturated carbocycles. The topological polar surface area (TPSA) is 0 Å². The molecule has 26 heavy (non-hydrogen) atoms. The van der Waals surface area contributed by atoms with Gasteiger partial charge in [-0.25, -0.2) is 0 Å². The zero-order valence-electron chi connectivity index (χ0n) is 14.6. The molecule has 0 atom stereocenters. The summed E-state index contributed by atoms with van der Waals surface area (Å²) in [6.45, 7) is 4.35. The second kappa shape index (κ2) is 5.06. The van der Waals surface area contributed by atoms with Gasteiger partial charge in [-0.3, -0.25) is 0 Å². The molecule has 0 unspecified atom stereocenters. The summed E-state index contributed by atoms with van der Waals surface area (Å²) in [5.74, 6) is 0. The van der Waals surface area contributed by atoms with E-state index in [1.807, 2.05) is 22.7 Å². The third-order valence-corrected chi connectivity index (χ3v) is 7.82. The van der Waals surface area contributed by atoms with E-state index in [1.165, 1.54) is 62.2 Å². The summed E-state index contributed by atoms with van der Waals surface area (Å²) in [7, 11) is 0. The van der Waals surface area contributed by atoms with Gasteiger partial charge in [-0.15, -0.1) is 22.7 Å². The second-order valence-electron chi connectivity index (χ2n) is 7.18. The van der Waals surface area contributed by atoms with Gasteiger partial charge in [0.25, 0.3) is 0 Å². The van der Waals surface area contributed by atoms with Crippen molar-refractivity contribution < 1.29 is 0 Å². The van der Waals surface area contributed by atoms with E-state index in [2.05, 4.69) is 74.5 Å². The molecule has 4 aromatic carbocycles. The van der Waals surface area contributed by atoms with Gasteiger partial charge in [0.05, 0.1) is 0 Å². The van der Waals surface area contributed by atoms with Crippen LogP contribution in [0.5, 0.6) is 0 Å². The number of fused-ring (bicyclic) bond motifs is 9. The van der Waals surface area contributed by atoms with E-state index in [4.69, 9.17) is 0 Å². The van der Waals surface area contributed by atoms with Crippen LogP contribution >= 0.6 is 22.7 Å². The van der Waals surface area contributed by atoms with Crippen molar-refractivity contribution in [2.45, 2.75) is 13.8 Å². The highest BCUT2D eigenvalue weighted by Crippen LogP contribution is 2.44. The molecule has 2 aromatic heterocycles. The summed E-state index contributed by atoms with van der Waals surface area (Å²) in [6, 6.07) is 22.9. The van der Waals surface area contributed by atoms with E-state index in [0.29, 0.717) is 0 Å². The molecule has 0 radical (unpaired) electrons. The van der Waals surface area contributed by atoms with Crippen LogP contribution in [0.2, 0.25) is 0 Å². The number of thiophene rings is 2. The normalized spacial score (nSPS) is 12.2. The van der Waals surface area contributed by atoms with E-state index in [0.717, 1.165) is 0 Å². The van der Waals surface area contributed by atoms with Crippen LogP contribution in [0.25, 0.3) is 51.1 Å². The van der Waals surface area contributed by atoms with Crippen LogP contribution < -0.4 is 0 Å². The molecule has 0 aliphatic carbocycles. The Morgan fingerprint density at radius 3 is 1.27 bits per heavy atom. The Kier molecular flexibility index (Phi) is 2.87. The van der Waals surface area contributed by atoms with Crippen molar-refractivity contribution >= 4 is 73.8 Å². The summed E-state index contributed by atoms with van der Waals surface area (Å²) in [6.07, 6.45) is 0. The zero-order chi connectivity index (χ0) is 17.4. The predicted octanol–water partition coefficient (Wildman–Crippen LogP) is 8.19. The Bertz CT molecular complexity index is 1380. The van der Waals surface area contributed by atoms with Gasteiger partial charge in [0.2, 0.25) is 0 Å². The Hall–Kier alpha value is -2.42. The van der Waals surface area contributed by atoms with Crippen LogP contribution in [0.3, 0.4) is 0 Å². The molecule has 124 valence electrons. The summed E-state index contributed by atoms with van der Waals surface area (Å²) in [5.41, 5.74) is 2.65. The number of hydrogen-bond acceptors (Lipinski definition) is 2. The number of benzene rings is 4. The van der Waals surface area contributed by atoms with Gasteiger partial charge >= 0.3 is 0 Å². The van der Waals surface area contributed by atoms with Gasteiger partial charge in [0, 0.05) is 51.1 Å². The molecule has 0 nitrogen and oxygen atoms in total. The van der Waals surface area contributed by atoms with Gasteiger partial charge in [0.1, 0.15) is 0 Å². The van der Waals surface area contributed by atoms with Crippen molar-refractivity contribution in [2.24, 2.45) is 0 Å². The molecule has 2 heterocycles. The standard InChI is InChI=1S/C24H16S2/c1-13-3-9-21-19(11-13)17-7-5-16-15(23(17)25-21)6-8-18-20-12-14(2)4-10-22(20)26-24(16)18/h3-12H,1-2H3. The molecule has 0 N–H and O–H groups in total. The minimum absolute atomic E-state index is 1.33. The summed E-state index contributed by atoms with van der Waals surface area (Å²) >= 11 is 3.84. The van der Waals surface area contributed by atoms with E-state index >= 15 is 0 Å². The lowest BCUT2D eigenvalue weighted by molar-refractivity contribution is 1.52. The lowest BCUT2D eigenvalue weighted by Crippen LogP contribution is -1.75. The maximum Gasteiger partial charge on any atom is 0.0434 e. The maximum atomic E-state index is 2.33. The van der Waals surface area contributed by atoms with Crippen LogP contribution in [0, 0.1) is 13.8 Å². The molecular formula is C24H16S2. The Morgan fingerprint density at radius 1 is 0.462 bits per heavy atom. The monoisotopic (exact) mass is 368 g/mol. The van der Waals surface area contributed by atoms with Crippen molar-refractivity contribution in [2.75, 3.05) is 0 Å². The number of hydrogen-bond donors (Lipinski definition) is 0. The van der Waals surface area contributed by atoms with Crippen molar-refractivity contribution in [3.63, 3.8) is 0 Å². The van der Waals surface area contributed by atoms with Gasteiger partial charge in [-0.1, -0.05) is 47.5 Å². The molecule has 0 saturated heterocycles. The first kappa shape index (κ1) is 14.7. The number of aryl methyl sites for hydroxylation is 2. The van der Waals surface area contributed by atoms with Crippen LogP contribution in [0.15, 0.2) is 60.7 Å². The van der Waals surface area contributed by atoms with Crippen LogP contribution in [0.1, 0.15) is 11.1 Å². The van der Waals surface area contributed by atoms with Gasteiger partial charge in [-0.2, -0.15) is 0 Å².